The van der Waals surface area contributed by atoms with Crippen molar-refractivity contribution < 1.29 is 17.7 Å². The first-order valence-electron chi connectivity index (χ1n) is 5.13. The number of rotatable bonds is 4. The van der Waals surface area contributed by atoms with E-state index in [1.54, 1.807) is 6.92 Å². The molecule has 0 N–H and O–H groups in total. The third kappa shape index (κ3) is 3.54. The molecule has 2 aromatic rings. The fourth-order valence-electron chi connectivity index (χ4n) is 1.35. The molecule has 108 valence electrons. The lowest BCUT2D eigenvalue weighted by Crippen LogP contribution is -2.00. The summed E-state index contributed by atoms with van der Waals surface area (Å²) in [5.74, 6) is 0.906. The van der Waals surface area contributed by atoms with Crippen molar-refractivity contribution in [3.8, 4) is 5.75 Å². The number of hydrogen-bond donors (Lipinski definition) is 0. The Balaban J connectivity index is 2.23. The molecule has 1 aromatic carbocycles. The van der Waals surface area contributed by atoms with Crippen LogP contribution in [-0.4, -0.2) is 18.6 Å². The van der Waals surface area contributed by atoms with E-state index >= 15 is 0 Å². The lowest BCUT2D eigenvalue weighted by molar-refractivity contribution is 0.286. The first-order chi connectivity index (χ1) is 9.27. The summed E-state index contributed by atoms with van der Waals surface area (Å²) in [5, 5.41) is 3.59. The third-order valence-corrected chi connectivity index (χ3v) is 4.26. The van der Waals surface area contributed by atoms with Gasteiger partial charge in [-0.25, -0.2) is 8.42 Å². The monoisotopic (exact) mass is 356 g/mol. The lowest BCUT2D eigenvalue weighted by atomic mass is 10.3. The Kier molecular flexibility index (Phi) is 4.43. The molecule has 0 aliphatic heterocycles. The number of aryl methyl sites for hydroxylation is 1. The molecule has 0 saturated carbocycles. The summed E-state index contributed by atoms with van der Waals surface area (Å²) in [6.45, 7) is 1.64. The fourth-order valence-corrected chi connectivity index (χ4v) is 3.14. The number of benzene rings is 1. The normalized spacial score (nSPS) is 11.6. The molecule has 0 unspecified atom stereocenters. The molecule has 0 aliphatic carbocycles. The molecule has 1 aromatic heterocycles. The number of aromatic nitrogens is 2. The van der Waals surface area contributed by atoms with Crippen LogP contribution in [-0.2, 0) is 15.7 Å². The Morgan fingerprint density at radius 1 is 1.30 bits per heavy atom. The smallest absolute Gasteiger partial charge is 0.262 e. The van der Waals surface area contributed by atoms with Crippen molar-refractivity contribution in [1.82, 2.24) is 10.1 Å². The van der Waals surface area contributed by atoms with E-state index in [2.05, 4.69) is 10.1 Å². The minimum atomic E-state index is -3.98. The van der Waals surface area contributed by atoms with Gasteiger partial charge in [0.2, 0.25) is 11.7 Å². The number of halogens is 3. The van der Waals surface area contributed by atoms with Crippen molar-refractivity contribution in [3.63, 3.8) is 0 Å². The first-order valence-corrected chi connectivity index (χ1v) is 8.19. The Hall–Kier alpha value is -1.02. The Morgan fingerprint density at radius 2 is 2.00 bits per heavy atom. The summed E-state index contributed by atoms with van der Waals surface area (Å²) in [6.07, 6.45) is 0. The molecule has 0 atom stereocenters. The van der Waals surface area contributed by atoms with Crippen molar-refractivity contribution in [1.29, 1.82) is 0 Å². The summed E-state index contributed by atoms with van der Waals surface area (Å²) in [6, 6.07) is 2.37. The molecule has 10 heteroatoms. The highest BCUT2D eigenvalue weighted by atomic mass is 35.7. The third-order valence-electron chi connectivity index (χ3n) is 2.18. The molecular weight excluding hydrogens is 351 g/mol. The van der Waals surface area contributed by atoms with Gasteiger partial charge in [0.1, 0.15) is 10.6 Å². The van der Waals surface area contributed by atoms with Gasteiger partial charge in [-0.2, -0.15) is 4.98 Å². The van der Waals surface area contributed by atoms with E-state index in [9.17, 15) is 8.42 Å². The van der Waals surface area contributed by atoms with Gasteiger partial charge in [-0.15, -0.1) is 0 Å². The highest BCUT2D eigenvalue weighted by molar-refractivity contribution is 8.13. The van der Waals surface area contributed by atoms with Crippen molar-refractivity contribution in [3.05, 3.63) is 33.9 Å². The SMILES string of the molecule is Cc1nc(COc2cc(Cl)c(S(=O)(=O)Cl)cc2Cl)no1. The van der Waals surface area contributed by atoms with Gasteiger partial charge >= 0.3 is 0 Å². The molecule has 20 heavy (non-hydrogen) atoms. The Morgan fingerprint density at radius 3 is 2.55 bits per heavy atom. The average Bonchev–Trinajstić information content (AvgIpc) is 2.74. The molecule has 0 aliphatic rings. The van der Waals surface area contributed by atoms with Gasteiger partial charge in [-0.1, -0.05) is 28.4 Å². The van der Waals surface area contributed by atoms with Gasteiger partial charge < -0.3 is 9.26 Å². The zero-order valence-corrected chi connectivity index (χ0v) is 13.0. The van der Waals surface area contributed by atoms with Crippen LogP contribution >= 0.6 is 33.9 Å². The molecule has 0 amide bonds. The second-order valence-corrected chi connectivity index (χ2v) is 7.02. The van der Waals surface area contributed by atoms with E-state index in [4.69, 9.17) is 43.1 Å². The van der Waals surface area contributed by atoms with Crippen LogP contribution in [0.25, 0.3) is 0 Å². The maximum atomic E-state index is 11.2. The van der Waals surface area contributed by atoms with E-state index in [0.717, 1.165) is 6.07 Å². The number of ether oxygens (including phenoxy) is 1. The summed E-state index contributed by atoms with van der Waals surface area (Å²) < 4.78 is 32.6. The van der Waals surface area contributed by atoms with Crippen LogP contribution in [0, 0.1) is 6.92 Å². The van der Waals surface area contributed by atoms with Gasteiger partial charge in [-0.05, 0) is 6.07 Å². The van der Waals surface area contributed by atoms with Crippen LogP contribution in [0.4, 0.5) is 0 Å². The van der Waals surface area contributed by atoms with E-state index in [1.807, 2.05) is 0 Å². The molecule has 0 bridgehead atoms. The minimum Gasteiger partial charge on any atom is -0.484 e. The predicted octanol–water partition coefficient (Wildman–Crippen LogP) is 3.19. The molecule has 1 heterocycles. The van der Waals surface area contributed by atoms with Crippen LogP contribution < -0.4 is 4.74 Å². The van der Waals surface area contributed by atoms with E-state index < -0.39 is 9.05 Å². The van der Waals surface area contributed by atoms with Crippen molar-refractivity contribution >= 4 is 42.9 Å². The van der Waals surface area contributed by atoms with Crippen molar-refractivity contribution in [2.75, 3.05) is 0 Å². The summed E-state index contributed by atoms with van der Waals surface area (Å²) >= 11 is 11.7. The zero-order valence-electron chi connectivity index (χ0n) is 9.93. The summed E-state index contributed by atoms with van der Waals surface area (Å²) in [5.41, 5.74) is 0. The Labute approximate surface area is 129 Å². The quantitative estimate of drug-likeness (QED) is 0.782. The van der Waals surface area contributed by atoms with Crippen molar-refractivity contribution in [2.45, 2.75) is 18.4 Å². The first kappa shape index (κ1) is 15.4. The highest BCUT2D eigenvalue weighted by Gasteiger charge is 2.18. The number of nitrogens with zero attached hydrogens (tertiary/aromatic N) is 2. The predicted molar refractivity (Wildman–Crippen MR) is 72.9 cm³/mol. The van der Waals surface area contributed by atoms with Gasteiger partial charge in [0.05, 0.1) is 10.0 Å². The molecule has 2 rings (SSSR count). The molecule has 0 radical (unpaired) electrons. The van der Waals surface area contributed by atoms with Crippen LogP contribution in [0.2, 0.25) is 10.0 Å². The zero-order chi connectivity index (χ0) is 14.9. The second-order valence-electron chi connectivity index (χ2n) is 3.67. The standard InChI is InChI=1S/C10H7Cl3N2O4S/c1-5-14-10(15-19-5)4-18-8-2-7(12)9(3-6(8)11)20(13,16)17/h2-3H,4H2,1H3. The maximum Gasteiger partial charge on any atom is 0.262 e. The van der Waals surface area contributed by atoms with Gasteiger partial charge in [0, 0.05) is 23.7 Å². The van der Waals surface area contributed by atoms with Crippen LogP contribution in [0.1, 0.15) is 11.7 Å². The Bertz CT molecular complexity index is 745. The van der Waals surface area contributed by atoms with E-state index in [-0.39, 0.29) is 27.3 Å². The highest BCUT2D eigenvalue weighted by Crippen LogP contribution is 2.35. The maximum absolute atomic E-state index is 11.2. The topological polar surface area (TPSA) is 82.3 Å². The minimum absolute atomic E-state index is 0.000358. The van der Waals surface area contributed by atoms with Gasteiger partial charge in [0.15, 0.2) is 6.61 Å². The lowest BCUT2D eigenvalue weighted by Gasteiger charge is -2.08. The van der Waals surface area contributed by atoms with Crippen LogP contribution in [0.3, 0.4) is 0 Å². The average molecular weight is 358 g/mol. The number of hydrogen-bond acceptors (Lipinski definition) is 6. The van der Waals surface area contributed by atoms with Crippen LogP contribution in [0.5, 0.6) is 5.75 Å². The summed E-state index contributed by atoms with van der Waals surface area (Å²) in [7, 11) is 1.24. The van der Waals surface area contributed by atoms with E-state index in [0.29, 0.717) is 11.7 Å². The van der Waals surface area contributed by atoms with Crippen molar-refractivity contribution in [2.24, 2.45) is 0 Å². The fraction of sp³-hybridized carbons (Fsp3) is 0.200. The molecule has 0 spiro atoms. The molecule has 0 fully saturated rings. The summed E-state index contributed by atoms with van der Waals surface area (Å²) in [4.78, 5) is 3.66. The largest absolute Gasteiger partial charge is 0.484 e. The molecule has 6 nitrogen and oxygen atoms in total. The van der Waals surface area contributed by atoms with Gasteiger partial charge in [-0.3, -0.25) is 0 Å². The van der Waals surface area contributed by atoms with Gasteiger partial charge in [0.25, 0.3) is 9.05 Å². The molecule has 0 saturated heterocycles. The van der Waals surface area contributed by atoms with E-state index in [1.165, 1.54) is 6.07 Å². The second kappa shape index (κ2) is 5.77. The molecular formula is C10H7Cl3N2O4S. The van der Waals surface area contributed by atoms with Crippen LogP contribution in [0.15, 0.2) is 21.6 Å².